The Hall–Kier alpha value is -1.92. The lowest BCUT2D eigenvalue weighted by Crippen LogP contribution is -2.30. The Bertz CT molecular complexity index is 626. The van der Waals surface area contributed by atoms with Crippen molar-refractivity contribution in [3.8, 4) is 0 Å². The number of benzene rings is 1. The van der Waals surface area contributed by atoms with Crippen molar-refractivity contribution >= 4 is 40.3 Å². The first kappa shape index (κ1) is 15.5. The predicted molar refractivity (Wildman–Crippen MR) is 89.8 cm³/mol. The Morgan fingerprint density at radius 2 is 2.05 bits per heavy atom. The van der Waals surface area contributed by atoms with E-state index in [-0.39, 0.29) is 5.97 Å². The highest BCUT2D eigenvalue weighted by molar-refractivity contribution is 7.80. The van der Waals surface area contributed by atoms with Gasteiger partial charge < -0.3 is 15.0 Å². The van der Waals surface area contributed by atoms with Gasteiger partial charge in [0.25, 0.3) is 0 Å². The molecule has 0 saturated heterocycles. The van der Waals surface area contributed by atoms with Gasteiger partial charge in [0.05, 0.1) is 12.8 Å². The monoisotopic (exact) mass is 320 g/mol. The lowest BCUT2D eigenvalue weighted by Gasteiger charge is -2.21. The number of thiophene rings is 1. The van der Waals surface area contributed by atoms with Crippen LogP contribution in [0.5, 0.6) is 0 Å². The summed E-state index contributed by atoms with van der Waals surface area (Å²) in [5, 5.41) is 5.48. The van der Waals surface area contributed by atoms with Crippen LogP contribution in [0.1, 0.15) is 15.2 Å². The number of ether oxygens (including phenoxy) is 1. The Morgan fingerprint density at radius 3 is 2.71 bits per heavy atom. The van der Waals surface area contributed by atoms with Crippen LogP contribution in [0, 0.1) is 0 Å². The van der Waals surface area contributed by atoms with Crippen molar-refractivity contribution in [1.29, 1.82) is 0 Å². The summed E-state index contributed by atoms with van der Waals surface area (Å²) >= 11 is 6.70. The van der Waals surface area contributed by atoms with E-state index in [1.54, 1.807) is 0 Å². The Kier molecular flexibility index (Phi) is 5.30. The average molecular weight is 320 g/mol. The molecule has 2 aromatic rings. The van der Waals surface area contributed by atoms with Crippen LogP contribution in [0.3, 0.4) is 0 Å². The van der Waals surface area contributed by atoms with E-state index < -0.39 is 0 Å². The van der Waals surface area contributed by atoms with Gasteiger partial charge in [0.15, 0.2) is 5.11 Å². The molecule has 6 heteroatoms. The van der Waals surface area contributed by atoms with Crippen molar-refractivity contribution in [3.63, 3.8) is 0 Å². The van der Waals surface area contributed by atoms with Gasteiger partial charge in [-0.3, -0.25) is 0 Å². The molecule has 0 atom stereocenters. The molecular weight excluding hydrogens is 304 g/mol. The van der Waals surface area contributed by atoms with Crippen LogP contribution in [0.2, 0.25) is 0 Å². The maximum absolute atomic E-state index is 11.6. The molecule has 110 valence electrons. The maximum atomic E-state index is 11.6. The van der Waals surface area contributed by atoms with Gasteiger partial charge >= 0.3 is 5.97 Å². The number of nitrogens with zero attached hydrogens (tertiary/aromatic N) is 1. The number of hydrogen-bond donors (Lipinski definition) is 1. The first-order chi connectivity index (χ1) is 10.1. The van der Waals surface area contributed by atoms with Crippen LogP contribution in [0.25, 0.3) is 0 Å². The fourth-order valence-electron chi connectivity index (χ4n) is 1.80. The lowest BCUT2D eigenvalue weighted by atomic mass is 10.2. The van der Waals surface area contributed by atoms with Gasteiger partial charge in [-0.1, -0.05) is 30.3 Å². The SMILES string of the molecule is COC(=O)c1sccc1NC(=S)N(C)Cc1ccccc1. The normalized spacial score (nSPS) is 10.0. The van der Waals surface area contributed by atoms with E-state index in [1.807, 2.05) is 53.7 Å². The van der Waals surface area contributed by atoms with Gasteiger partial charge in [0, 0.05) is 13.6 Å². The highest BCUT2D eigenvalue weighted by Gasteiger charge is 2.15. The van der Waals surface area contributed by atoms with E-state index in [2.05, 4.69) is 5.32 Å². The molecule has 0 saturated carbocycles. The van der Waals surface area contributed by atoms with E-state index in [0.717, 1.165) is 0 Å². The molecule has 1 aromatic heterocycles. The topological polar surface area (TPSA) is 41.6 Å². The van der Waals surface area contributed by atoms with Crippen molar-refractivity contribution in [1.82, 2.24) is 4.90 Å². The zero-order chi connectivity index (χ0) is 15.2. The van der Waals surface area contributed by atoms with Gasteiger partial charge in [-0.25, -0.2) is 4.79 Å². The van der Waals surface area contributed by atoms with Crippen molar-refractivity contribution < 1.29 is 9.53 Å². The Balaban J connectivity index is 2.01. The van der Waals surface area contributed by atoms with E-state index in [0.29, 0.717) is 22.2 Å². The molecule has 0 aliphatic rings. The third kappa shape index (κ3) is 4.03. The highest BCUT2D eigenvalue weighted by atomic mass is 32.1. The summed E-state index contributed by atoms with van der Waals surface area (Å²) in [4.78, 5) is 14.1. The number of hydrogen-bond acceptors (Lipinski definition) is 4. The molecule has 0 radical (unpaired) electrons. The number of rotatable bonds is 4. The van der Waals surface area contributed by atoms with Gasteiger partial charge in [-0.15, -0.1) is 11.3 Å². The average Bonchev–Trinajstić information content (AvgIpc) is 2.95. The summed E-state index contributed by atoms with van der Waals surface area (Å²) in [5.41, 5.74) is 1.85. The molecule has 1 aromatic carbocycles. The summed E-state index contributed by atoms with van der Waals surface area (Å²) in [6.45, 7) is 0.699. The number of anilines is 1. The first-order valence-corrected chi connectivity index (χ1v) is 7.62. The number of carbonyl (C=O) groups is 1. The molecule has 0 fully saturated rings. The van der Waals surface area contributed by atoms with Crippen LogP contribution in [-0.4, -0.2) is 30.1 Å². The quantitative estimate of drug-likeness (QED) is 0.691. The summed E-state index contributed by atoms with van der Waals surface area (Å²) in [5.74, 6) is -0.360. The van der Waals surface area contributed by atoms with Gasteiger partial charge in [-0.2, -0.15) is 0 Å². The third-order valence-electron chi connectivity index (χ3n) is 2.89. The largest absolute Gasteiger partial charge is 0.465 e. The van der Waals surface area contributed by atoms with Crippen molar-refractivity contribution in [2.45, 2.75) is 6.54 Å². The Morgan fingerprint density at radius 1 is 1.33 bits per heavy atom. The molecule has 1 heterocycles. The third-order valence-corrected chi connectivity index (χ3v) is 4.20. The van der Waals surface area contributed by atoms with Gasteiger partial charge in [0.2, 0.25) is 0 Å². The molecule has 1 N–H and O–H groups in total. The van der Waals surface area contributed by atoms with Crippen LogP contribution in [-0.2, 0) is 11.3 Å². The standard InChI is InChI=1S/C15H16N2O2S2/c1-17(10-11-6-4-3-5-7-11)15(20)16-12-8-9-21-13(12)14(18)19-2/h3-9H,10H2,1-2H3,(H,16,20). The first-order valence-electron chi connectivity index (χ1n) is 6.33. The number of methoxy groups -OCH3 is 1. The van der Waals surface area contributed by atoms with E-state index in [4.69, 9.17) is 17.0 Å². The molecule has 21 heavy (non-hydrogen) atoms. The van der Waals surface area contributed by atoms with Crippen LogP contribution >= 0.6 is 23.6 Å². The molecule has 0 aliphatic carbocycles. The molecule has 0 spiro atoms. The Labute approximate surface area is 133 Å². The van der Waals surface area contributed by atoms with Crippen LogP contribution < -0.4 is 5.32 Å². The van der Waals surface area contributed by atoms with Gasteiger partial charge in [-0.05, 0) is 29.2 Å². The second-order valence-electron chi connectivity index (χ2n) is 4.43. The van der Waals surface area contributed by atoms with Crippen molar-refractivity contribution in [2.24, 2.45) is 0 Å². The molecule has 0 amide bonds. The van der Waals surface area contributed by atoms with Crippen molar-refractivity contribution in [3.05, 3.63) is 52.2 Å². The van der Waals surface area contributed by atoms with E-state index >= 15 is 0 Å². The molecule has 4 nitrogen and oxygen atoms in total. The number of nitrogens with one attached hydrogen (secondary N) is 1. The minimum atomic E-state index is -0.360. The summed E-state index contributed by atoms with van der Waals surface area (Å²) < 4.78 is 4.75. The fourth-order valence-corrected chi connectivity index (χ4v) is 2.74. The summed E-state index contributed by atoms with van der Waals surface area (Å²) in [6, 6.07) is 11.9. The number of esters is 1. The summed E-state index contributed by atoms with van der Waals surface area (Å²) in [6.07, 6.45) is 0. The smallest absolute Gasteiger partial charge is 0.350 e. The fraction of sp³-hybridized carbons (Fsp3) is 0.200. The number of carbonyl (C=O) groups excluding carboxylic acids is 1. The minimum absolute atomic E-state index is 0.360. The van der Waals surface area contributed by atoms with Crippen LogP contribution in [0.15, 0.2) is 41.8 Å². The van der Waals surface area contributed by atoms with Crippen LogP contribution in [0.4, 0.5) is 5.69 Å². The molecular formula is C15H16N2O2S2. The zero-order valence-electron chi connectivity index (χ0n) is 11.8. The van der Waals surface area contributed by atoms with Crippen molar-refractivity contribution in [2.75, 3.05) is 19.5 Å². The number of thiocarbonyl (C=S) groups is 1. The second-order valence-corrected chi connectivity index (χ2v) is 5.73. The molecule has 0 aliphatic heterocycles. The zero-order valence-corrected chi connectivity index (χ0v) is 13.5. The van der Waals surface area contributed by atoms with Gasteiger partial charge in [0.1, 0.15) is 4.88 Å². The van der Waals surface area contributed by atoms with E-state index in [9.17, 15) is 4.79 Å². The minimum Gasteiger partial charge on any atom is -0.465 e. The predicted octanol–water partition coefficient (Wildman–Crippen LogP) is 3.36. The van der Waals surface area contributed by atoms with E-state index in [1.165, 1.54) is 24.0 Å². The maximum Gasteiger partial charge on any atom is 0.350 e. The molecule has 0 unspecified atom stereocenters. The molecule has 2 rings (SSSR count). The summed E-state index contributed by atoms with van der Waals surface area (Å²) in [7, 11) is 3.28. The molecule has 0 bridgehead atoms. The lowest BCUT2D eigenvalue weighted by molar-refractivity contribution is 0.0607. The second kappa shape index (κ2) is 7.19. The highest BCUT2D eigenvalue weighted by Crippen LogP contribution is 2.23.